The molecule has 0 spiro atoms. The summed E-state index contributed by atoms with van der Waals surface area (Å²) in [4.78, 5) is 30.6. The second kappa shape index (κ2) is 7.78. The first-order chi connectivity index (χ1) is 15.3. The second-order valence-electron chi connectivity index (χ2n) is 7.67. The molecule has 0 saturated carbocycles. The number of amides is 2. The van der Waals surface area contributed by atoms with Crippen LogP contribution in [0.1, 0.15) is 19.3 Å². The second-order valence-corrected chi connectivity index (χ2v) is 10.8. The van der Waals surface area contributed by atoms with Gasteiger partial charge in [0.2, 0.25) is 5.91 Å². The van der Waals surface area contributed by atoms with E-state index in [0.29, 0.717) is 28.5 Å². The van der Waals surface area contributed by atoms with Crippen molar-refractivity contribution in [1.29, 1.82) is 0 Å². The Balaban J connectivity index is 1.45. The van der Waals surface area contributed by atoms with Gasteiger partial charge in [-0.1, -0.05) is 0 Å². The van der Waals surface area contributed by atoms with Gasteiger partial charge in [-0.15, -0.1) is 11.3 Å². The largest absolute Gasteiger partial charge is 0.305 e. The van der Waals surface area contributed by atoms with Crippen LogP contribution >= 0.6 is 11.3 Å². The fraction of sp³-hybridized carbons (Fsp3) is 0.300. The molecule has 2 aliphatic rings. The zero-order chi connectivity index (χ0) is 22.5. The number of halogens is 1. The highest BCUT2D eigenvalue weighted by Gasteiger charge is 2.37. The Labute approximate surface area is 186 Å². The molecule has 1 N–H and O–H groups in total. The van der Waals surface area contributed by atoms with Crippen molar-refractivity contribution in [3.63, 3.8) is 0 Å². The quantitative estimate of drug-likeness (QED) is 0.622. The van der Waals surface area contributed by atoms with Gasteiger partial charge in [-0.2, -0.15) is 5.10 Å². The van der Waals surface area contributed by atoms with Crippen LogP contribution in [-0.4, -0.2) is 57.9 Å². The first-order valence-electron chi connectivity index (χ1n) is 9.93. The number of imidazole rings is 1. The Hall–Kier alpha value is -3.12. The fourth-order valence-corrected chi connectivity index (χ4v) is 6.29. The van der Waals surface area contributed by atoms with E-state index in [2.05, 4.69) is 15.4 Å². The highest BCUT2D eigenvalue weighted by Crippen LogP contribution is 2.31. The van der Waals surface area contributed by atoms with Crippen LogP contribution in [0.4, 0.5) is 10.2 Å². The van der Waals surface area contributed by atoms with E-state index in [-0.39, 0.29) is 41.8 Å². The number of nitrogens with one attached hydrogen (secondary N) is 1. The van der Waals surface area contributed by atoms with Crippen molar-refractivity contribution in [1.82, 2.24) is 14.4 Å². The number of benzene rings is 1. The number of hydrazone groups is 1. The van der Waals surface area contributed by atoms with E-state index in [0.717, 1.165) is 5.01 Å². The molecule has 4 heterocycles. The molecule has 166 valence electrons. The van der Waals surface area contributed by atoms with E-state index in [4.69, 9.17) is 0 Å². The Morgan fingerprint density at radius 1 is 1.22 bits per heavy atom. The molecule has 0 radical (unpaired) electrons. The maximum absolute atomic E-state index is 13.4. The van der Waals surface area contributed by atoms with E-state index in [1.54, 1.807) is 22.7 Å². The number of thiazole rings is 1. The SMILES string of the molecule is O=C(Nc1c(-c2ccc(F)cc2)nc2sccn12)C1=NN(C2CCS(=O)(=O)C2)C(=O)CC1. The number of sulfone groups is 1. The fourth-order valence-electron chi connectivity index (χ4n) is 3.88. The van der Waals surface area contributed by atoms with Crippen molar-refractivity contribution < 1.29 is 22.4 Å². The first-order valence-corrected chi connectivity index (χ1v) is 12.6. The molecule has 2 amide bonds. The van der Waals surface area contributed by atoms with Gasteiger partial charge >= 0.3 is 0 Å². The molecular weight excluding hydrogens is 457 g/mol. The first kappa shape index (κ1) is 20.8. The summed E-state index contributed by atoms with van der Waals surface area (Å²) >= 11 is 1.39. The predicted molar refractivity (Wildman–Crippen MR) is 118 cm³/mol. The minimum atomic E-state index is -3.21. The lowest BCUT2D eigenvalue weighted by molar-refractivity contribution is -0.133. The van der Waals surface area contributed by atoms with E-state index in [1.165, 1.54) is 23.5 Å². The Kier molecular flexibility index (Phi) is 5.05. The Morgan fingerprint density at radius 3 is 2.72 bits per heavy atom. The molecule has 2 aliphatic heterocycles. The molecule has 9 nitrogen and oxygen atoms in total. The van der Waals surface area contributed by atoms with E-state index in [1.807, 2.05) is 5.38 Å². The molecule has 3 aromatic rings. The summed E-state index contributed by atoms with van der Waals surface area (Å²) in [6, 6.07) is 5.24. The number of hydrogen-bond donors (Lipinski definition) is 1. The Morgan fingerprint density at radius 2 is 2.00 bits per heavy atom. The van der Waals surface area contributed by atoms with Gasteiger partial charge in [0.15, 0.2) is 14.8 Å². The van der Waals surface area contributed by atoms with Crippen molar-refractivity contribution >= 4 is 49.5 Å². The molecule has 2 aromatic heterocycles. The molecule has 1 atom stereocenters. The molecule has 5 rings (SSSR count). The van der Waals surface area contributed by atoms with Crippen LogP contribution in [0.3, 0.4) is 0 Å². The third-order valence-corrected chi connectivity index (χ3v) is 7.99. The van der Waals surface area contributed by atoms with Gasteiger partial charge in [0.25, 0.3) is 5.91 Å². The summed E-state index contributed by atoms with van der Waals surface area (Å²) in [6.45, 7) is 0. The lowest BCUT2D eigenvalue weighted by Crippen LogP contribution is -2.42. The molecule has 32 heavy (non-hydrogen) atoms. The van der Waals surface area contributed by atoms with Crippen LogP contribution in [0.25, 0.3) is 16.2 Å². The average Bonchev–Trinajstić information content (AvgIpc) is 3.44. The van der Waals surface area contributed by atoms with Crippen molar-refractivity contribution in [2.75, 3.05) is 16.8 Å². The predicted octanol–water partition coefficient (Wildman–Crippen LogP) is 2.31. The van der Waals surface area contributed by atoms with Gasteiger partial charge in [-0.3, -0.25) is 14.0 Å². The van der Waals surface area contributed by atoms with Crippen LogP contribution < -0.4 is 5.32 Å². The maximum atomic E-state index is 13.4. The Bertz CT molecular complexity index is 1360. The topological polar surface area (TPSA) is 113 Å². The molecule has 12 heteroatoms. The number of nitrogens with zero attached hydrogens (tertiary/aromatic N) is 4. The van der Waals surface area contributed by atoms with Crippen LogP contribution in [0.5, 0.6) is 0 Å². The van der Waals surface area contributed by atoms with Gasteiger partial charge in [-0.05, 0) is 30.7 Å². The summed E-state index contributed by atoms with van der Waals surface area (Å²) in [5, 5.41) is 10.0. The molecule has 0 bridgehead atoms. The van der Waals surface area contributed by atoms with Crippen molar-refractivity contribution in [2.24, 2.45) is 5.10 Å². The number of aromatic nitrogens is 2. The van der Waals surface area contributed by atoms with Gasteiger partial charge in [0, 0.05) is 30.0 Å². The summed E-state index contributed by atoms with van der Waals surface area (Å²) in [6.07, 6.45) is 2.29. The number of hydrogen-bond acceptors (Lipinski definition) is 7. The van der Waals surface area contributed by atoms with E-state index >= 15 is 0 Å². The van der Waals surface area contributed by atoms with Gasteiger partial charge in [-0.25, -0.2) is 22.8 Å². The summed E-state index contributed by atoms with van der Waals surface area (Å²) < 4.78 is 38.7. The van der Waals surface area contributed by atoms with Crippen LogP contribution in [0.2, 0.25) is 0 Å². The number of fused-ring (bicyclic) bond motifs is 1. The number of anilines is 1. The summed E-state index contributed by atoms with van der Waals surface area (Å²) in [5.74, 6) is -0.904. The lowest BCUT2D eigenvalue weighted by Gasteiger charge is -2.27. The number of carbonyl (C=O) groups excluding carboxylic acids is 2. The third kappa shape index (κ3) is 3.79. The van der Waals surface area contributed by atoms with Crippen LogP contribution in [-0.2, 0) is 19.4 Å². The molecular formula is C20H18FN5O4S2. The minimum Gasteiger partial charge on any atom is -0.305 e. The van der Waals surface area contributed by atoms with Crippen LogP contribution in [0, 0.1) is 5.82 Å². The normalized spacial score (nSPS) is 20.5. The average molecular weight is 476 g/mol. The molecule has 1 fully saturated rings. The monoisotopic (exact) mass is 475 g/mol. The zero-order valence-corrected chi connectivity index (χ0v) is 18.3. The van der Waals surface area contributed by atoms with Crippen molar-refractivity contribution in [3.8, 4) is 11.3 Å². The summed E-state index contributed by atoms with van der Waals surface area (Å²) in [5.41, 5.74) is 1.26. The van der Waals surface area contributed by atoms with Crippen LogP contribution in [0.15, 0.2) is 40.9 Å². The maximum Gasteiger partial charge on any atom is 0.273 e. The highest BCUT2D eigenvalue weighted by molar-refractivity contribution is 7.91. The lowest BCUT2D eigenvalue weighted by atomic mass is 10.1. The van der Waals surface area contributed by atoms with Crippen molar-refractivity contribution in [2.45, 2.75) is 25.3 Å². The standard InChI is InChI=1S/C20H18FN5O4S2/c21-13-3-1-12(2-4-13)17-18(25-8-9-31-20(25)22-17)23-19(28)15-5-6-16(27)26(24-15)14-7-10-32(29,30)11-14/h1-4,8-9,14H,5-7,10-11H2,(H,23,28). The van der Waals surface area contributed by atoms with Gasteiger partial charge < -0.3 is 5.32 Å². The zero-order valence-electron chi connectivity index (χ0n) is 16.7. The van der Waals surface area contributed by atoms with E-state index in [9.17, 15) is 22.4 Å². The minimum absolute atomic E-state index is 0.00545. The molecule has 1 saturated heterocycles. The number of carbonyl (C=O) groups is 2. The molecule has 0 aliphatic carbocycles. The molecule has 1 aromatic carbocycles. The smallest absolute Gasteiger partial charge is 0.273 e. The highest BCUT2D eigenvalue weighted by atomic mass is 32.2. The third-order valence-electron chi connectivity index (χ3n) is 5.49. The van der Waals surface area contributed by atoms with E-state index < -0.39 is 21.8 Å². The van der Waals surface area contributed by atoms with Crippen molar-refractivity contribution in [3.05, 3.63) is 41.7 Å². The van der Waals surface area contributed by atoms with Gasteiger partial charge in [0.1, 0.15) is 23.0 Å². The summed E-state index contributed by atoms with van der Waals surface area (Å²) in [7, 11) is -3.21. The molecule has 1 unspecified atom stereocenters. The number of rotatable bonds is 4. The van der Waals surface area contributed by atoms with Gasteiger partial charge in [0.05, 0.1) is 17.5 Å².